The summed E-state index contributed by atoms with van der Waals surface area (Å²) in [5.41, 5.74) is 2.33. The van der Waals surface area contributed by atoms with Crippen LogP contribution < -0.4 is 4.74 Å². The molecule has 1 aromatic rings. The minimum atomic E-state index is -0.537. The molecule has 1 unspecified atom stereocenters. The van der Waals surface area contributed by atoms with Gasteiger partial charge in [0.2, 0.25) is 0 Å². The van der Waals surface area contributed by atoms with Gasteiger partial charge in [-0.3, -0.25) is 4.79 Å². The molecule has 0 saturated carbocycles. The Morgan fingerprint density at radius 1 is 1.33 bits per heavy atom. The van der Waals surface area contributed by atoms with Crippen molar-refractivity contribution in [3.05, 3.63) is 28.8 Å². The van der Waals surface area contributed by atoms with E-state index in [1.54, 1.807) is 33.2 Å². The third-order valence-corrected chi connectivity index (χ3v) is 2.67. The summed E-state index contributed by atoms with van der Waals surface area (Å²) in [6.45, 7) is 5.46. The van der Waals surface area contributed by atoms with Crippen molar-refractivity contribution in [1.82, 2.24) is 4.90 Å². The summed E-state index contributed by atoms with van der Waals surface area (Å²) < 4.78 is 5.70. The van der Waals surface area contributed by atoms with Crippen molar-refractivity contribution in [2.45, 2.75) is 26.9 Å². The van der Waals surface area contributed by atoms with Gasteiger partial charge in [-0.05, 0) is 44.0 Å². The van der Waals surface area contributed by atoms with Gasteiger partial charge in [0, 0.05) is 14.1 Å². The number of rotatable bonds is 3. The highest BCUT2D eigenvalue weighted by Gasteiger charge is 2.18. The van der Waals surface area contributed by atoms with Crippen molar-refractivity contribution in [1.29, 1.82) is 5.26 Å². The minimum Gasteiger partial charge on any atom is -0.480 e. The predicted molar refractivity (Wildman–Crippen MR) is 69.4 cm³/mol. The first-order valence-corrected chi connectivity index (χ1v) is 5.76. The van der Waals surface area contributed by atoms with Crippen LogP contribution in [0.3, 0.4) is 0 Å². The van der Waals surface area contributed by atoms with Gasteiger partial charge in [0.1, 0.15) is 5.75 Å². The van der Waals surface area contributed by atoms with E-state index in [-0.39, 0.29) is 5.91 Å². The Balaban J connectivity index is 2.99. The Kier molecular flexibility index (Phi) is 4.33. The van der Waals surface area contributed by atoms with E-state index < -0.39 is 6.10 Å². The lowest BCUT2D eigenvalue weighted by molar-refractivity contribution is -0.135. The molecule has 0 aliphatic carbocycles. The van der Waals surface area contributed by atoms with Crippen LogP contribution in [0.5, 0.6) is 5.75 Å². The van der Waals surface area contributed by atoms with E-state index in [2.05, 4.69) is 6.07 Å². The second-order valence-corrected chi connectivity index (χ2v) is 4.54. The molecule has 4 heteroatoms. The van der Waals surface area contributed by atoms with Crippen LogP contribution in [-0.2, 0) is 4.79 Å². The van der Waals surface area contributed by atoms with Crippen molar-refractivity contribution in [2.75, 3.05) is 14.1 Å². The first-order valence-electron chi connectivity index (χ1n) is 5.76. The number of hydrogen-bond acceptors (Lipinski definition) is 3. The summed E-state index contributed by atoms with van der Waals surface area (Å²) in [4.78, 5) is 13.2. The van der Waals surface area contributed by atoms with Gasteiger partial charge in [-0.15, -0.1) is 0 Å². The van der Waals surface area contributed by atoms with Gasteiger partial charge in [0.15, 0.2) is 6.10 Å². The quantitative estimate of drug-likeness (QED) is 0.820. The average molecular weight is 246 g/mol. The van der Waals surface area contributed by atoms with Crippen LogP contribution in [0.1, 0.15) is 23.6 Å². The number of amides is 1. The minimum absolute atomic E-state index is 0.0850. The van der Waals surface area contributed by atoms with Crippen molar-refractivity contribution < 1.29 is 9.53 Å². The van der Waals surface area contributed by atoms with E-state index in [0.29, 0.717) is 11.3 Å². The molecule has 0 bridgehead atoms. The Hall–Kier alpha value is -2.02. The normalized spacial score (nSPS) is 11.6. The first kappa shape index (κ1) is 14.0. The Morgan fingerprint density at radius 3 is 2.22 bits per heavy atom. The van der Waals surface area contributed by atoms with Gasteiger partial charge >= 0.3 is 0 Å². The molecule has 18 heavy (non-hydrogen) atoms. The third kappa shape index (κ3) is 3.01. The number of nitriles is 1. The van der Waals surface area contributed by atoms with E-state index in [1.807, 2.05) is 13.8 Å². The smallest absolute Gasteiger partial charge is 0.262 e. The zero-order valence-electron chi connectivity index (χ0n) is 11.4. The van der Waals surface area contributed by atoms with E-state index >= 15 is 0 Å². The van der Waals surface area contributed by atoms with Gasteiger partial charge in [-0.2, -0.15) is 5.26 Å². The maximum atomic E-state index is 11.7. The summed E-state index contributed by atoms with van der Waals surface area (Å²) >= 11 is 0. The molecule has 0 aromatic heterocycles. The number of nitrogens with zero attached hydrogens (tertiary/aromatic N) is 2. The molecule has 1 atom stereocenters. The van der Waals surface area contributed by atoms with Gasteiger partial charge in [0.25, 0.3) is 5.91 Å². The predicted octanol–water partition coefficient (Wildman–Crippen LogP) is 2.03. The molecule has 0 radical (unpaired) electrons. The molecule has 1 aromatic carbocycles. The molecule has 0 N–H and O–H groups in total. The topological polar surface area (TPSA) is 53.3 Å². The number of aryl methyl sites for hydroxylation is 2. The second kappa shape index (κ2) is 5.54. The van der Waals surface area contributed by atoms with Crippen molar-refractivity contribution in [2.24, 2.45) is 0 Å². The fourth-order valence-electron chi connectivity index (χ4n) is 1.79. The van der Waals surface area contributed by atoms with Crippen LogP contribution in [0.25, 0.3) is 0 Å². The lowest BCUT2D eigenvalue weighted by atomic mass is 10.1. The first-order chi connectivity index (χ1) is 8.36. The number of benzene rings is 1. The number of carbonyl (C=O) groups excluding carboxylic acids is 1. The molecule has 0 fully saturated rings. The maximum absolute atomic E-state index is 11.7. The van der Waals surface area contributed by atoms with Crippen LogP contribution in [0.15, 0.2) is 12.1 Å². The zero-order chi connectivity index (χ0) is 13.9. The SMILES string of the molecule is Cc1cc(C#N)cc(C)c1OC(C)C(=O)N(C)C. The fourth-order valence-corrected chi connectivity index (χ4v) is 1.79. The van der Waals surface area contributed by atoms with Gasteiger partial charge in [-0.1, -0.05) is 0 Å². The summed E-state index contributed by atoms with van der Waals surface area (Å²) in [5.74, 6) is 0.592. The van der Waals surface area contributed by atoms with Crippen LogP contribution in [0.2, 0.25) is 0 Å². The number of carbonyl (C=O) groups is 1. The summed E-state index contributed by atoms with van der Waals surface area (Å²) in [7, 11) is 3.39. The highest BCUT2D eigenvalue weighted by Crippen LogP contribution is 2.25. The van der Waals surface area contributed by atoms with Gasteiger partial charge in [-0.25, -0.2) is 0 Å². The Morgan fingerprint density at radius 2 is 1.83 bits per heavy atom. The van der Waals surface area contributed by atoms with Crippen LogP contribution >= 0.6 is 0 Å². The van der Waals surface area contributed by atoms with Crippen LogP contribution in [0, 0.1) is 25.2 Å². The fraction of sp³-hybridized carbons (Fsp3) is 0.429. The molecule has 1 amide bonds. The summed E-state index contributed by atoms with van der Waals surface area (Å²) in [5, 5.41) is 8.87. The molecule has 0 heterocycles. The number of ether oxygens (including phenoxy) is 1. The van der Waals surface area contributed by atoms with E-state index in [9.17, 15) is 4.79 Å². The average Bonchev–Trinajstić information content (AvgIpc) is 2.31. The number of hydrogen-bond donors (Lipinski definition) is 0. The Bertz CT molecular complexity index is 478. The molecular weight excluding hydrogens is 228 g/mol. The maximum Gasteiger partial charge on any atom is 0.262 e. The molecule has 96 valence electrons. The Labute approximate surface area is 108 Å². The lowest BCUT2D eigenvalue weighted by Crippen LogP contribution is -2.35. The second-order valence-electron chi connectivity index (χ2n) is 4.54. The summed E-state index contributed by atoms with van der Waals surface area (Å²) in [6.07, 6.45) is -0.537. The van der Waals surface area contributed by atoms with E-state index in [4.69, 9.17) is 10.00 Å². The van der Waals surface area contributed by atoms with Crippen molar-refractivity contribution in [3.8, 4) is 11.8 Å². The zero-order valence-corrected chi connectivity index (χ0v) is 11.4. The van der Waals surface area contributed by atoms with Gasteiger partial charge < -0.3 is 9.64 Å². The highest BCUT2D eigenvalue weighted by molar-refractivity contribution is 5.80. The highest BCUT2D eigenvalue weighted by atomic mass is 16.5. The largest absolute Gasteiger partial charge is 0.480 e. The van der Waals surface area contributed by atoms with Crippen molar-refractivity contribution >= 4 is 5.91 Å². The third-order valence-electron chi connectivity index (χ3n) is 2.67. The molecule has 0 saturated heterocycles. The summed E-state index contributed by atoms with van der Waals surface area (Å²) in [6, 6.07) is 5.62. The number of likely N-dealkylation sites (N-methyl/N-ethyl adjacent to an activating group) is 1. The molecule has 1 rings (SSSR count). The van der Waals surface area contributed by atoms with Crippen molar-refractivity contribution in [3.63, 3.8) is 0 Å². The monoisotopic (exact) mass is 246 g/mol. The van der Waals surface area contributed by atoms with E-state index in [1.165, 1.54) is 4.90 Å². The van der Waals surface area contributed by atoms with E-state index in [0.717, 1.165) is 11.1 Å². The lowest BCUT2D eigenvalue weighted by Gasteiger charge is -2.20. The standard InChI is InChI=1S/C14H18N2O2/c1-9-6-12(8-15)7-10(2)13(9)18-11(3)14(17)16(4)5/h6-7,11H,1-5H3. The molecular formula is C14H18N2O2. The van der Waals surface area contributed by atoms with Crippen LogP contribution in [0.4, 0.5) is 0 Å². The molecule has 0 aliphatic rings. The van der Waals surface area contributed by atoms with Crippen LogP contribution in [-0.4, -0.2) is 31.0 Å². The van der Waals surface area contributed by atoms with Gasteiger partial charge in [0.05, 0.1) is 11.6 Å². The molecule has 4 nitrogen and oxygen atoms in total. The molecule has 0 spiro atoms. The molecule has 0 aliphatic heterocycles.